The van der Waals surface area contributed by atoms with Crippen LogP contribution in [0.3, 0.4) is 0 Å². The summed E-state index contributed by atoms with van der Waals surface area (Å²) in [6, 6.07) is 5.11. The number of carbonyl (C=O) groups is 1. The minimum Gasteiger partial charge on any atom is -0.325 e. The van der Waals surface area contributed by atoms with Gasteiger partial charge in [0.25, 0.3) is 0 Å². The quantitative estimate of drug-likeness (QED) is 0.843. The van der Waals surface area contributed by atoms with Crippen LogP contribution < -0.4 is 5.32 Å². The highest BCUT2D eigenvalue weighted by atomic mass is 35.5. The van der Waals surface area contributed by atoms with Gasteiger partial charge < -0.3 is 5.32 Å². The molecule has 0 aliphatic rings. The summed E-state index contributed by atoms with van der Waals surface area (Å²) in [5.74, 6) is -0.453. The highest BCUT2D eigenvalue weighted by Gasteiger charge is 2.28. The lowest BCUT2D eigenvalue weighted by atomic mass is 10.2. The molecule has 1 heterocycles. The molecule has 0 unspecified atom stereocenters. The molecule has 0 aliphatic carbocycles. The van der Waals surface area contributed by atoms with Crippen molar-refractivity contribution in [2.75, 3.05) is 18.9 Å². The molecule has 0 aliphatic heterocycles. The van der Waals surface area contributed by atoms with Crippen LogP contribution in [0.4, 0.5) is 5.69 Å². The Morgan fingerprint density at radius 1 is 1.33 bits per heavy atom. The van der Waals surface area contributed by atoms with Crippen LogP contribution in [0.25, 0.3) is 0 Å². The molecular formula is C15H19ClN4O3S. The van der Waals surface area contributed by atoms with Gasteiger partial charge >= 0.3 is 0 Å². The number of nitrogens with one attached hydrogen (secondary N) is 2. The van der Waals surface area contributed by atoms with E-state index in [9.17, 15) is 13.2 Å². The second-order valence-electron chi connectivity index (χ2n) is 5.53. The van der Waals surface area contributed by atoms with Crippen LogP contribution in [0.1, 0.15) is 17.0 Å². The van der Waals surface area contributed by atoms with Gasteiger partial charge in [0, 0.05) is 17.8 Å². The monoisotopic (exact) mass is 370 g/mol. The third-order valence-corrected chi connectivity index (χ3v) is 5.87. The zero-order chi connectivity index (χ0) is 18.1. The van der Waals surface area contributed by atoms with Crippen LogP contribution in [-0.2, 0) is 14.8 Å². The number of likely N-dealkylation sites (N-methyl/N-ethyl adjacent to an activating group) is 1. The molecule has 2 aromatic rings. The molecule has 0 bridgehead atoms. The number of sulfonamides is 1. The summed E-state index contributed by atoms with van der Waals surface area (Å²) in [5, 5.41) is 9.68. The SMILES string of the molecule is Cc1ccc(Cl)cc1NC(=O)CN(C)S(=O)(=O)c1c(C)n[nH]c1C. The molecule has 130 valence electrons. The fraction of sp³-hybridized carbons (Fsp3) is 0.333. The zero-order valence-electron chi connectivity index (χ0n) is 13.8. The van der Waals surface area contributed by atoms with Crippen LogP contribution in [0.5, 0.6) is 0 Å². The first-order valence-corrected chi connectivity index (χ1v) is 8.98. The number of aromatic amines is 1. The second-order valence-corrected chi connectivity index (χ2v) is 7.95. The van der Waals surface area contributed by atoms with Gasteiger partial charge in [0.05, 0.1) is 17.9 Å². The Labute approximate surface area is 146 Å². The molecule has 0 radical (unpaired) electrons. The topological polar surface area (TPSA) is 95.2 Å². The first-order valence-electron chi connectivity index (χ1n) is 7.17. The van der Waals surface area contributed by atoms with E-state index in [1.165, 1.54) is 7.05 Å². The van der Waals surface area contributed by atoms with E-state index in [1.807, 2.05) is 6.92 Å². The summed E-state index contributed by atoms with van der Waals surface area (Å²) < 4.78 is 26.2. The Balaban J connectivity index is 2.15. The highest BCUT2D eigenvalue weighted by molar-refractivity contribution is 7.89. The number of nitrogens with zero attached hydrogens (tertiary/aromatic N) is 2. The predicted molar refractivity (Wildman–Crippen MR) is 92.7 cm³/mol. The number of anilines is 1. The fourth-order valence-electron chi connectivity index (χ4n) is 2.28. The lowest BCUT2D eigenvalue weighted by molar-refractivity contribution is -0.116. The Hall–Kier alpha value is -1.90. The number of hydrogen-bond acceptors (Lipinski definition) is 4. The standard InChI is InChI=1S/C15H19ClN4O3S/c1-9-5-6-12(16)7-13(9)17-14(21)8-20(4)24(22,23)15-10(2)18-19-11(15)3/h5-7H,8H2,1-4H3,(H,17,21)(H,18,19). The first kappa shape index (κ1) is 18.4. The molecular weight excluding hydrogens is 352 g/mol. The van der Waals surface area contributed by atoms with Crippen molar-refractivity contribution >= 4 is 33.2 Å². The minimum atomic E-state index is -3.81. The molecule has 0 fully saturated rings. The molecule has 0 saturated heterocycles. The van der Waals surface area contributed by atoms with Gasteiger partial charge in [-0.2, -0.15) is 9.40 Å². The summed E-state index contributed by atoms with van der Waals surface area (Å²) in [4.78, 5) is 12.3. The minimum absolute atomic E-state index is 0.0942. The molecule has 0 saturated carbocycles. The average molecular weight is 371 g/mol. The third kappa shape index (κ3) is 3.77. The van der Waals surface area contributed by atoms with Gasteiger partial charge in [-0.3, -0.25) is 9.89 Å². The molecule has 1 aromatic heterocycles. The maximum Gasteiger partial charge on any atom is 0.246 e. The van der Waals surface area contributed by atoms with Gasteiger partial charge in [-0.1, -0.05) is 17.7 Å². The summed E-state index contributed by atoms with van der Waals surface area (Å²) in [6.07, 6.45) is 0. The number of aromatic nitrogens is 2. The molecule has 9 heteroatoms. The van der Waals surface area contributed by atoms with Crippen molar-refractivity contribution in [1.29, 1.82) is 0 Å². The lowest BCUT2D eigenvalue weighted by Crippen LogP contribution is -2.35. The Kier molecular flexibility index (Phi) is 5.32. The zero-order valence-corrected chi connectivity index (χ0v) is 15.4. The van der Waals surface area contributed by atoms with E-state index in [1.54, 1.807) is 32.0 Å². The number of rotatable bonds is 5. The van der Waals surface area contributed by atoms with Crippen LogP contribution in [0.15, 0.2) is 23.1 Å². The van der Waals surface area contributed by atoms with Crippen molar-refractivity contribution in [2.45, 2.75) is 25.7 Å². The van der Waals surface area contributed by atoms with Crippen LogP contribution in [0.2, 0.25) is 5.02 Å². The second kappa shape index (κ2) is 6.92. The van der Waals surface area contributed by atoms with Crippen molar-refractivity contribution in [3.8, 4) is 0 Å². The number of aryl methyl sites for hydroxylation is 3. The number of amides is 1. The highest BCUT2D eigenvalue weighted by Crippen LogP contribution is 2.22. The Morgan fingerprint density at radius 2 is 2.00 bits per heavy atom. The maximum atomic E-state index is 12.6. The van der Waals surface area contributed by atoms with Crippen molar-refractivity contribution < 1.29 is 13.2 Å². The Bertz CT molecular complexity index is 857. The molecule has 24 heavy (non-hydrogen) atoms. The Morgan fingerprint density at radius 3 is 2.58 bits per heavy atom. The largest absolute Gasteiger partial charge is 0.325 e. The van der Waals surface area contributed by atoms with E-state index in [0.29, 0.717) is 22.1 Å². The van der Waals surface area contributed by atoms with Gasteiger partial charge in [0.2, 0.25) is 15.9 Å². The van der Waals surface area contributed by atoms with Crippen molar-refractivity contribution in [3.63, 3.8) is 0 Å². The van der Waals surface area contributed by atoms with E-state index >= 15 is 0 Å². The number of carbonyl (C=O) groups excluding carboxylic acids is 1. The molecule has 2 N–H and O–H groups in total. The van der Waals surface area contributed by atoms with E-state index in [4.69, 9.17) is 11.6 Å². The van der Waals surface area contributed by atoms with Gasteiger partial charge in [-0.25, -0.2) is 8.42 Å². The molecule has 1 amide bonds. The van der Waals surface area contributed by atoms with Gasteiger partial charge in [0.15, 0.2) is 0 Å². The number of hydrogen-bond donors (Lipinski definition) is 2. The summed E-state index contributed by atoms with van der Waals surface area (Å²) in [6.45, 7) is 4.72. The summed E-state index contributed by atoms with van der Waals surface area (Å²) in [7, 11) is -2.46. The lowest BCUT2D eigenvalue weighted by Gasteiger charge is -2.17. The van der Waals surface area contributed by atoms with E-state index in [2.05, 4.69) is 15.5 Å². The molecule has 7 nitrogen and oxygen atoms in total. The van der Waals surface area contributed by atoms with Crippen LogP contribution in [0, 0.1) is 20.8 Å². The third-order valence-electron chi connectivity index (χ3n) is 3.57. The summed E-state index contributed by atoms with van der Waals surface area (Å²) in [5.41, 5.74) is 2.18. The molecule has 1 aromatic carbocycles. The average Bonchev–Trinajstić information content (AvgIpc) is 2.82. The van der Waals surface area contributed by atoms with E-state index in [-0.39, 0.29) is 11.4 Å². The van der Waals surface area contributed by atoms with E-state index in [0.717, 1.165) is 9.87 Å². The smallest absolute Gasteiger partial charge is 0.246 e. The summed E-state index contributed by atoms with van der Waals surface area (Å²) >= 11 is 5.91. The maximum absolute atomic E-state index is 12.6. The molecule has 0 spiro atoms. The van der Waals surface area contributed by atoms with Crippen molar-refractivity contribution in [2.24, 2.45) is 0 Å². The van der Waals surface area contributed by atoms with Crippen LogP contribution in [-0.4, -0.2) is 42.4 Å². The van der Waals surface area contributed by atoms with Crippen LogP contribution >= 0.6 is 11.6 Å². The first-order chi connectivity index (χ1) is 11.1. The number of benzene rings is 1. The van der Waals surface area contributed by atoms with E-state index < -0.39 is 15.9 Å². The number of H-pyrrole nitrogens is 1. The van der Waals surface area contributed by atoms with Crippen molar-refractivity contribution in [1.82, 2.24) is 14.5 Å². The van der Waals surface area contributed by atoms with Gasteiger partial charge in [-0.05, 0) is 38.5 Å². The van der Waals surface area contributed by atoms with Crippen molar-refractivity contribution in [3.05, 3.63) is 40.2 Å². The number of halogens is 1. The predicted octanol–water partition coefficient (Wildman–Crippen LogP) is 2.25. The molecule has 0 atom stereocenters. The van der Waals surface area contributed by atoms with Gasteiger partial charge in [-0.15, -0.1) is 0 Å². The fourth-order valence-corrected chi connectivity index (χ4v) is 3.90. The normalized spacial score (nSPS) is 11.8. The van der Waals surface area contributed by atoms with Gasteiger partial charge in [0.1, 0.15) is 4.90 Å². The molecule has 2 rings (SSSR count).